The molecule has 0 aliphatic carbocycles. The lowest BCUT2D eigenvalue weighted by molar-refractivity contribution is -0.147. The number of rotatable bonds is 7. The molecule has 1 aliphatic rings. The molecule has 1 saturated heterocycles. The van der Waals surface area contributed by atoms with Gasteiger partial charge in [0.2, 0.25) is 0 Å². The second-order valence-corrected chi connectivity index (χ2v) is 3.42. The van der Waals surface area contributed by atoms with Gasteiger partial charge in [-0.2, -0.15) is 0 Å². The van der Waals surface area contributed by atoms with E-state index in [2.05, 4.69) is 5.32 Å². The van der Waals surface area contributed by atoms with Crippen LogP contribution in [0.3, 0.4) is 0 Å². The lowest BCUT2D eigenvalue weighted by Crippen LogP contribution is -2.33. The highest BCUT2D eigenvalue weighted by Gasteiger charge is 2.22. The van der Waals surface area contributed by atoms with E-state index in [1.165, 1.54) is 0 Å². The fourth-order valence-electron chi connectivity index (χ4n) is 1.43. The molecule has 0 aromatic carbocycles. The van der Waals surface area contributed by atoms with Crippen LogP contribution in [0, 0.1) is 0 Å². The Kier molecular flexibility index (Phi) is 6.31. The Morgan fingerprint density at radius 2 is 2.13 bits per heavy atom. The Morgan fingerprint density at radius 1 is 1.33 bits per heavy atom. The van der Waals surface area contributed by atoms with Gasteiger partial charge in [0.05, 0.1) is 19.8 Å². The molecule has 1 fully saturated rings. The summed E-state index contributed by atoms with van der Waals surface area (Å²) in [6, 6.07) is -0.107. The van der Waals surface area contributed by atoms with Gasteiger partial charge in [0.1, 0.15) is 12.6 Å². The molecule has 0 aromatic heterocycles. The minimum absolute atomic E-state index is 0.107. The van der Waals surface area contributed by atoms with Crippen LogP contribution in [0.5, 0.6) is 0 Å². The highest BCUT2D eigenvalue weighted by atomic mass is 16.6. The van der Waals surface area contributed by atoms with Crippen LogP contribution in [0.1, 0.15) is 12.8 Å². The third-order valence-corrected chi connectivity index (χ3v) is 2.25. The topological polar surface area (TPSA) is 56.8 Å². The summed E-state index contributed by atoms with van der Waals surface area (Å²) < 4.78 is 15.0. The van der Waals surface area contributed by atoms with E-state index in [0.29, 0.717) is 26.4 Å². The van der Waals surface area contributed by atoms with Gasteiger partial charge in [-0.05, 0) is 19.4 Å². The van der Waals surface area contributed by atoms with E-state index < -0.39 is 0 Å². The molecular weight excluding hydrogens is 198 g/mol. The summed E-state index contributed by atoms with van der Waals surface area (Å²) in [5.74, 6) is -0.164. The monoisotopic (exact) mass is 217 g/mol. The Morgan fingerprint density at radius 3 is 2.80 bits per heavy atom. The Bertz CT molecular complexity index is 180. The van der Waals surface area contributed by atoms with E-state index in [1.807, 2.05) is 0 Å². The van der Waals surface area contributed by atoms with Gasteiger partial charge in [0.15, 0.2) is 0 Å². The molecule has 0 unspecified atom stereocenters. The van der Waals surface area contributed by atoms with Crippen LogP contribution in [-0.4, -0.2) is 52.1 Å². The van der Waals surface area contributed by atoms with Gasteiger partial charge in [-0.1, -0.05) is 0 Å². The SMILES string of the molecule is COCCOCCOC(=O)[C@@H]1CCCN1. The molecule has 0 spiro atoms. The molecule has 1 rings (SSSR count). The molecule has 0 amide bonds. The van der Waals surface area contributed by atoms with Gasteiger partial charge in [-0.3, -0.25) is 4.79 Å². The molecule has 1 atom stereocenters. The van der Waals surface area contributed by atoms with Crippen molar-refractivity contribution in [3.8, 4) is 0 Å². The van der Waals surface area contributed by atoms with Gasteiger partial charge >= 0.3 is 5.97 Å². The van der Waals surface area contributed by atoms with Crippen molar-refractivity contribution in [2.75, 3.05) is 40.1 Å². The molecule has 1 heterocycles. The average molecular weight is 217 g/mol. The maximum absolute atomic E-state index is 11.4. The van der Waals surface area contributed by atoms with E-state index in [4.69, 9.17) is 14.2 Å². The summed E-state index contributed by atoms with van der Waals surface area (Å²) in [4.78, 5) is 11.4. The van der Waals surface area contributed by atoms with Crippen molar-refractivity contribution in [1.29, 1.82) is 0 Å². The Labute approximate surface area is 90.1 Å². The second-order valence-electron chi connectivity index (χ2n) is 3.42. The van der Waals surface area contributed by atoms with Crippen molar-refractivity contribution < 1.29 is 19.0 Å². The van der Waals surface area contributed by atoms with Crippen LogP contribution in [0.25, 0.3) is 0 Å². The van der Waals surface area contributed by atoms with Gasteiger partial charge in [0.25, 0.3) is 0 Å². The number of methoxy groups -OCH3 is 1. The normalized spacial score (nSPS) is 20.5. The molecule has 15 heavy (non-hydrogen) atoms. The van der Waals surface area contributed by atoms with Gasteiger partial charge in [0, 0.05) is 7.11 Å². The van der Waals surface area contributed by atoms with Crippen LogP contribution in [0.15, 0.2) is 0 Å². The van der Waals surface area contributed by atoms with Crippen molar-refractivity contribution in [2.45, 2.75) is 18.9 Å². The molecule has 0 saturated carbocycles. The van der Waals surface area contributed by atoms with Crippen molar-refractivity contribution in [2.24, 2.45) is 0 Å². The van der Waals surface area contributed by atoms with E-state index >= 15 is 0 Å². The molecule has 5 nitrogen and oxygen atoms in total. The molecule has 0 bridgehead atoms. The number of carbonyl (C=O) groups is 1. The summed E-state index contributed by atoms with van der Waals surface area (Å²) >= 11 is 0. The third-order valence-electron chi connectivity index (χ3n) is 2.25. The molecule has 5 heteroatoms. The number of hydrogen-bond acceptors (Lipinski definition) is 5. The van der Waals surface area contributed by atoms with E-state index in [0.717, 1.165) is 19.4 Å². The van der Waals surface area contributed by atoms with Crippen molar-refractivity contribution in [3.05, 3.63) is 0 Å². The van der Waals surface area contributed by atoms with Crippen LogP contribution in [-0.2, 0) is 19.0 Å². The number of esters is 1. The summed E-state index contributed by atoms with van der Waals surface area (Å²) in [5.41, 5.74) is 0. The lowest BCUT2D eigenvalue weighted by atomic mass is 10.2. The van der Waals surface area contributed by atoms with Crippen LogP contribution in [0.4, 0.5) is 0 Å². The molecule has 1 N–H and O–H groups in total. The van der Waals surface area contributed by atoms with E-state index in [-0.39, 0.29) is 12.0 Å². The first-order valence-corrected chi connectivity index (χ1v) is 5.31. The quantitative estimate of drug-likeness (QED) is 0.478. The third kappa shape index (κ3) is 5.11. The fourth-order valence-corrected chi connectivity index (χ4v) is 1.43. The smallest absolute Gasteiger partial charge is 0.323 e. The zero-order valence-electron chi connectivity index (χ0n) is 9.16. The van der Waals surface area contributed by atoms with Gasteiger partial charge in [-0.15, -0.1) is 0 Å². The van der Waals surface area contributed by atoms with E-state index in [9.17, 15) is 4.79 Å². The molecular formula is C10H19NO4. The molecule has 88 valence electrons. The maximum Gasteiger partial charge on any atom is 0.323 e. The maximum atomic E-state index is 11.4. The van der Waals surface area contributed by atoms with Crippen molar-refractivity contribution >= 4 is 5.97 Å². The lowest BCUT2D eigenvalue weighted by Gasteiger charge is -2.10. The minimum atomic E-state index is -0.164. The molecule has 1 aliphatic heterocycles. The highest BCUT2D eigenvalue weighted by Crippen LogP contribution is 2.06. The molecule has 0 radical (unpaired) electrons. The van der Waals surface area contributed by atoms with Crippen molar-refractivity contribution in [3.63, 3.8) is 0 Å². The summed E-state index contributed by atoms with van der Waals surface area (Å²) in [6.45, 7) is 2.76. The van der Waals surface area contributed by atoms with Crippen LogP contribution in [0.2, 0.25) is 0 Å². The first-order valence-electron chi connectivity index (χ1n) is 5.31. The van der Waals surface area contributed by atoms with Gasteiger partial charge < -0.3 is 19.5 Å². The predicted octanol–water partition coefficient (Wildman–Crippen LogP) is -0.0554. The number of ether oxygens (including phenoxy) is 3. The first kappa shape index (κ1) is 12.4. The number of carbonyl (C=O) groups excluding carboxylic acids is 1. The standard InChI is InChI=1S/C10H19NO4/c1-13-5-6-14-7-8-15-10(12)9-3-2-4-11-9/h9,11H,2-8H2,1H3/t9-/m0/s1. The summed E-state index contributed by atoms with van der Waals surface area (Å²) in [7, 11) is 1.62. The summed E-state index contributed by atoms with van der Waals surface area (Å²) in [6.07, 6.45) is 1.92. The van der Waals surface area contributed by atoms with Gasteiger partial charge in [-0.25, -0.2) is 0 Å². The zero-order chi connectivity index (χ0) is 10.9. The zero-order valence-corrected chi connectivity index (χ0v) is 9.16. The average Bonchev–Trinajstić information content (AvgIpc) is 2.76. The largest absolute Gasteiger partial charge is 0.462 e. The Hall–Kier alpha value is -0.650. The fraction of sp³-hybridized carbons (Fsp3) is 0.900. The predicted molar refractivity (Wildman–Crippen MR) is 54.7 cm³/mol. The first-order chi connectivity index (χ1) is 7.34. The second kappa shape index (κ2) is 7.62. The van der Waals surface area contributed by atoms with Crippen LogP contribution >= 0.6 is 0 Å². The van der Waals surface area contributed by atoms with Crippen molar-refractivity contribution in [1.82, 2.24) is 5.32 Å². The highest BCUT2D eigenvalue weighted by molar-refractivity contribution is 5.76. The minimum Gasteiger partial charge on any atom is -0.462 e. The number of nitrogens with one attached hydrogen (secondary N) is 1. The summed E-state index contributed by atoms with van der Waals surface area (Å²) in [5, 5.41) is 3.08. The molecule has 0 aromatic rings. The Balaban J connectivity index is 1.92. The van der Waals surface area contributed by atoms with Crippen LogP contribution < -0.4 is 5.32 Å². The van der Waals surface area contributed by atoms with E-state index in [1.54, 1.807) is 7.11 Å². The number of hydrogen-bond donors (Lipinski definition) is 1.